The van der Waals surface area contributed by atoms with Crippen molar-refractivity contribution in [1.82, 2.24) is 10.2 Å². The van der Waals surface area contributed by atoms with Gasteiger partial charge in [-0.2, -0.15) is 0 Å². The second kappa shape index (κ2) is 9.73. The van der Waals surface area contributed by atoms with Gasteiger partial charge >= 0.3 is 6.03 Å². The summed E-state index contributed by atoms with van der Waals surface area (Å²) < 4.78 is 0. The summed E-state index contributed by atoms with van der Waals surface area (Å²) in [6, 6.07) is 15.0. The zero-order valence-electron chi connectivity index (χ0n) is 17.6. The largest absolute Gasteiger partial charge is 0.359 e. The molecule has 0 fully saturated rings. The van der Waals surface area contributed by atoms with E-state index in [1.807, 2.05) is 6.07 Å². The van der Waals surface area contributed by atoms with Crippen molar-refractivity contribution in [2.24, 2.45) is 0 Å². The Bertz CT molecular complexity index is 874. The molecule has 30 heavy (non-hydrogen) atoms. The van der Waals surface area contributed by atoms with Crippen LogP contribution in [0.1, 0.15) is 31.7 Å². The third-order valence-corrected chi connectivity index (χ3v) is 5.30. The Morgan fingerprint density at radius 2 is 1.77 bits per heavy atom. The Labute approximate surface area is 177 Å². The maximum absolute atomic E-state index is 13.2. The molecule has 7 nitrogen and oxygen atoms in total. The summed E-state index contributed by atoms with van der Waals surface area (Å²) in [6.45, 7) is 4.43. The molecule has 160 valence electrons. The molecule has 0 aliphatic carbocycles. The number of nitrogens with zero attached hydrogens (tertiary/aromatic N) is 2. The lowest BCUT2D eigenvalue weighted by molar-refractivity contribution is -0.140. The lowest BCUT2D eigenvalue weighted by Crippen LogP contribution is -2.62. The number of aliphatic hydroxyl groups is 1. The molecular weight excluding hydrogens is 380 g/mol. The maximum atomic E-state index is 13.2. The summed E-state index contributed by atoms with van der Waals surface area (Å²) in [5, 5.41) is 17.2. The zero-order valence-corrected chi connectivity index (χ0v) is 17.6. The van der Waals surface area contributed by atoms with Crippen molar-refractivity contribution in [3.8, 4) is 0 Å². The van der Waals surface area contributed by atoms with Gasteiger partial charge < -0.3 is 20.6 Å². The molecule has 2 aromatic carbocycles. The fourth-order valence-corrected chi connectivity index (χ4v) is 3.65. The fraction of sp³-hybridized carbons (Fsp3) is 0.391. The summed E-state index contributed by atoms with van der Waals surface area (Å²) in [7, 11) is 2.06. The van der Waals surface area contributed by atoms with Crippen molar-refractivity contribution in [1.29, 1.82) is 0 Å². The Morgan fingerprint density at radius 1 is 1.10 bits per heavy atom. The number of anilines is 2. The molecule has 3 rings (SSSR count). The SMILES string of the molecule is CCCCN(C)CCCNC(=O)[C@@]1(O)c2ccccc2NC(=O)N1c1ccccc1. The van der Waals surface area contributed by atoms with Crippen LogP contribution in [0.3, 0.4) is 0 Å². The second-order valence-corrected chi connectivity index (χ2v) is 7.59. The summed E-state index contributed by atoms with van der Waals surface area (Å²) in [5.74, 6) is -0.620. The predicted molar refractivity (Wildman–Crippen MR) is 118 cm³/mol. The number of hydrogen-bond donors (Lipinski definition) is 3. The second-order valence-electron chi connectivity index (χ2n) is 7.59. The van der Waals surface area contributed by atoms with Crippen LogP contribution in [-0.4, -0.2) is 48.6 Å². The molecule has 0 radical (unpaired) electrons. The number of amides is 3. The number of para-hydroxylation sites is 2. The molecule has 0 aromatic heterocycles. The molecule has 3 N–H and O–H groups in total. The third-order valence-electron chi connectivity index (χ3n) is 5.30. The topological polar surface area (TPSA) is 84.9 Å². The molecule has 7 heteroatoms. The number of carbonyl (C=O) groups is 2. The smallest absolute Gasteiger partial charge is 0.329 e. The molecule has 0 spiro atoms. The van der Waals surface area contributed by atoms with E-state index in [0.29, 0.717) is 23.5 Å². The van der Waals surface area contributed by atoms with Gasteiger partial charge in [-0.3, -0.25) is 9.69 Å². The number of urea groups is 1. The first-order valence-corrected chi connectivity index (χ1v) is 10.4. The van der Waals surface area contributed by atoms with Crippen molar-refractivity contribution >= 4 is 23.3 Å². The monoisotopic (exact) mass is 410 g/mol. The van der Waals surface area contributed by atoms with Crippen LogP contribution in [0.15, 0.2) is 54.6 Å². The molecule has 0 bridgehead atoms. The van der Waals surface area contributed by atoms with E-state index in [4.69, 9.17) is 0 Å². The number of fused-ring (bicyclic) bond motifs is 1. The zero-order chi connectivity index (χ0) is 21.6. The van der Waals surface area contributed by atoms with Crippen molar-refractivity contribution in [3.05, 3.63) is 60.2 Å². The lowest BCUT2D eigenvalue weighted by atomic mass is 9.95. The molecule has 1 heterocycles. The van der Waals surface area contributed by atoms with Crippen LogP contribution in [-0.2, 0) is 10.5 Å². The van der Waals surface area contributed by atoms with E-state index in [2.05, 4.69) is 29.5 Å². The summed E-state index contributed by atoms with van der Waals surface area (Å²) >= 11 is 0. The Kier molecular flexibility index (Phi) is 7.07. The lowest BCUT2D eigenvalue weighted by Gasteiger charge is -2.42. The van der Waals surface area contributed by atoms with Crippen LogP contribution in [0.4, 0.5) is 16.2 Å². The van der Waals surface area contributed by atoms with E-state index < -0.39 is 17.7 Å². The highest BCUT2D eigenvalue weighted by Gasteiger charge is 2.51. The van der Waals surface area contributed by atoms with Gasteiger partial charge in [-0.15, -0.1) is 0 Å². The van der Waals surface area contributed by atoms with Gasteiger partial charge in [0.2, 0.25) is 0 Å². The molecule has 0 saturated heterocycles. The predicted octanol–water partition coefficient (Wildman–Crippen LogP) is 3.12. The van der Waals surface area contributed by atoms with Crippen LogP contribution in [0.25, 0.3) is 0 Å². The minimum atomic E-state index is -2.14. The molecule has 0 unspecified atom stereocenters. The van der Waals surface area contributed by atoms with Crippen LogP contribution in [0, 0.1) is 0 Å². The highest BCUT2D eigenvalue weighted by atomic mass is 16.3. The highest BCUT2D eigenvalue weighted by molar-refractivity contribution is 6.11. The number of hydrogen-bond acceptors (Lipinski definition) is 4. The number of nitrogens with one attached hydrogen (secondary N) is 2. The van der Waals surface area contributed by atoms with Gasteiger partial charge in [-0.1, -0.05) is 49.7 Å². The highest BCUT2D eigenvalue weighted by Crippen LogP contribution is 2.39. The Balaban J connectivity index is 1.80. The molecule has 0 saturated carbocycles. The van der Waals surface area contributed by atoms with Crippen LogP contribution < -0.4 is 15.5 Å². The molecular formula is C23H30N4O3. The number of carbonyl (C=O) groups excluding carboxylic acids is 2. The molecule has 1 aliphatic rings. The van der Waals surface area contributed by atoms with Gasteiger partial charge in [0.05, 0.1) is 5.69 Å². The molecule has 3 amide bonds. The first-order chi connectivity index (χ1) is 14.5. The third kappa shape index (κ3) is 4.47. The van der Waals surface area contributed by atoms with Gasteiger partial charge in [0.15, 0.2) is 0 Å². The van der Waals surface area contributed by atoms with Gasteiger partial charge in [-0.05, 0) is 51.2 Å². The van der Waals surface area contributed by atoms with Crippen molar-refractivity contribution in [2.75, 3.05) is 36.9 Å². The maximum Gasteiger partial charge on any atom is 0.329 e. The number of benzene rings is 2. The van der Waals surface area contributed by atoms with Gasteiger partial charge in [-0.25, -0.2) is 4.79 Å². The average Bonchev–Trinajstić information content (AvgIpc) is 2.75. The van der Waals surface area contributed by atoms with Crippen molar-refractivity contribution in [3.63, 3.8) is 0 Å². The normalized spacial score (nSPS) is 18.1. The van der Waals surface area contributed by atoms with E-state index >= 15 is 0 Å². The van der Waals surface area contributed by atoms with Gasteiger partial charge in [0.1, 0.15) is 0 Å². The van der Waals surface area contributed by atoms with Crippen molar-refractivity contribution < 1.29 is 14.7 Å². The van der Waals surface area contributed by atoms with Crippen LogP contribution in [0.5, 0.6) is 0 Å². The van der Waals surface area contributed by atoms with Gasteiger partial charge in [0, 0.05) is 17.8 Å². The van der Waals surface area contributed by atoms with E-state index in [-0.39, 0.29) is 0 Å². The van der Waals surface area contributed by atoms with Crippen molar-refractivity contribution in [2.45, 2.75) is 31.9 Å². The Hall–Kier alpha value is -2.90. The Morgan fingerprint density at radius 3 is 2.50 bits per heavy atom. The van der Waals surface area contributed by atoms with E-state index in [9.17, 15) is 14.7 Å². The van der Waals surface area contributed by atoms with E-state index in [1.165, 1.54) is 0 Å². The quantitative estimate of drug-likeness (QED) is 0.555. The minimum Gasteiger partial charge on any atom is -0.359 e. The fourth-order valence-electron chi connectivity index (χ4n) is 3.65. The standard InChI is InChI=1S/C23H30N4O3/c1-3-4-16-26(2)17-10-15-24-21(28)23(30)19-13-8-9-14-20(19)25-22(29)27(23)18-11-6-5-7-12-18/h5-9,11-14,30H,3-4,10,15-17H2,1-2H3,(H,24,28)(H,25,29)/t23-/m0/s1. The van der Waals surface area contributed by atoms with Crippen LogP contribution in [0.2, 0.25) is 0 Å². The van der Waals surface area contributed by atoms with E-state index in [0.717, 1.165) is 37.3 Å². The average molecular weight is 411 g/mol. The molecule has 1 atom stereocenters. The number of unbranched alkanes of at least 4 members (excludes halogenated alkanes) is 1. The van der Waals surface area contributed by atoms with Crippen LogP contribution >= 0.6 is 0 Å². The summed E-state index contributed by atoms with van der Waals surface area (Å²) in [4.78, 5) is 29.4. The number of rotatable bonds is 9. The summed E-state index contributed by atoms with van der Waals surface area (Å²) in [6.07, 6.45) is 3.03. The molecule has 2 aromatic rings. The molecule has 1 aliphatic heterocycles. The first kappa shape index (κ1) is 21.8. The van der Waals surface area contributed by atoms with Gasteiger partial charge in [0.25, 0.3) is 11.6 Å². The first-order valence-electron chi connectivity index (χ1n) is 10.4. The summed E-state index contributed by atoms with van der Waals surface area (Å²) in [5.41, 5.74) is -0.951. The minimum absolute atomic E-state index is 0.339. The van der Waals surface area contributed by atoms with E-state index in [1.54, 1.807) is 48.5 Å².